The normalized spacial score (nSPS) is 16.5. The van der Waals surface area contributed by atoms with Gasteiger partial charge in [0.25, 0.3) is 0 Å². The molecule has 0 aliphatic carbocycles. The van der Waals surface area contributed by atoms with E-state index in [1.165, 1.54) is 30.2 Å². The molecule has 0 spiro atoms. The van der Waals surface area contributed by atoms with Crippen LogP contribution in [0.3, 0.4) is 0 Å². The molecule has 0 radical (unpaired) electrons. The lowest BCUT2D eigenvalue weighted by molar-refractivity contribution is -0.275. The van der Waals surface area contributed by atoms with Crippen molar-refractivity contribution in [1.29, 1.82) is 0 Å². The van der Waals surface area contributed by atoms with E-state index in [2.05, 4.69) is 4.74 Å². The molecule has 23 nitrogen and oxygen atoms in total. The number of hydrogen-bond acceptors (Lipinski definition) is 19. The van der Waals surface area contributed by atoms with Crippen molar-refractivity contribution in [2.75, 3.05) is 95.3 Å². The number of carbonyl (C=O) groups excluding carboxylic acids is 8. The number of halogens is 7. The molecular weight excluding hydrogens is 1750 g/mol. The second-order valence-electron chi connectivity index (χ2n) is 30.2. The standard InChI is InChI=1S/C27H26ClNO4.C24H23ClF3NO5.2C24H26ClNO5/c1-18-26(27(31)33-17-19-7-8-20-5-3-4-6-22(20)15-19)24(21-9-11-23(28)12-10-21)16-25(30)29(18)13-14-32-2;1-15-22(23(31)33-14-17-5-3-4-6-20(17)34-24(26,27)28)19(16-7-9-18(25)10-8-16)13-21(30)29(15)11-12-32-2;1-16-23(24(28)31-15-17-4-10-20(30-3)11-5-17)21(18-6-8-19(25)9-7-18)14-22(27)26(16)12-13-29-2;1-16-23(24(28)31-15-17-5-4-6-20(13-17)30-3)21(18-7-9-19(25)10-8-18)14-22(27)26(16)11-12-29-2/h3-12,15,24H,13-14,16-17H2,1-2H3;3-10,19H,11-14H2,1-2H3;4-11,21H,12-15H2,1-3H3;4-10,13,21H,11-12,14-15H2,1-3H3. The zero-order valence-corrected chi connectivity index (χ0v) is 76.0. The summed E-state index contributed by atoms with van der Waals surface area (Å²) in [5.74, 6) is -3.21. The van der Waals surface area contributed by atoms with E-state index < -0.39 is 66.3 Å². The van der Waals surface area contributed by atoms with Gasteiger partial charge < -0.3 is 71.7 Å². The SMILES string of the molecule is COCCN1C(=O)CC(c2ccc(Cl)cc2)C(C(=O)OCc2ccc(OC)cc2)=C1C.COCCN1C(=O)CC(c2ccc(Cl)cc2)C(C(=O)OCc2ccc3ccccc3c2)=C1C.COCCN1C(=O)CC(c2ccc(Cl)cc2)C(C(=O)OCc2cccc(OC)c2)=C1C.COCCN1C(=O)CC(c2ccc(Cl)cc2)C(C(=O)OCc2ccccc2OC(F)(F)F)=C1C. The van der Waals surface area contributed by atoms with Crippen LogP contribution in [-0.2, 0) is 103 Å². The van der Waals surface area contributed by atoms with Crippen LogP contribution in [-0.4, -0.2) is 169 Å². The maximum atomic E-state index is 13.3. The summed E-state index contributed by atoms with van der Waals surface area (Å²) in [5.41, 5.74) is 9.74. The molecule has 4 atom stereocenters. The van der Waals surface area contributed by atoms with Crippen LogP contribution in [0.4, 0.5) is 13.2 Å². The quantitative estimate of drug-likeness (QED) is 0.0289. The van der Waals surface area contributed by atoms with Crippen molar-refractivity contribution < 1.29 is 104 Å². The number of fused-ring (bicyclic) bond motifs is 1. The molecule has 0 fully saturated rings. The second kappa shape index (κ2) is 48.0. The summed E-state index contributed by atoms with van der Waals surface area (Å²) in [6.45, 7) is 9.70. The average Bonchev–Trinajstić information content (AvgIpc) is 0.780. The Kier molecular flexibility index (Phi) is 36.9. The number of rotatable bonds is 31. The summed E-state index contributed by atoms with van der Waals surface area (Å²) in [6, 6.07) is 62.6. The number of carbonyl (C=O) groups is 8. The zero-order chi connectivity index (χ0) is 93.0. The Balaban J connectivity index is 0.000000179. The molecule has 680 valence electrons. The highest BCUT2D eigenvalue weighted by Gasteiger charge is 2.42. The van der Waals surface area contributed by atoms with E-state index >= 15 is 0 Å². The fourth-order valence-corrected chi connectivity index (χ4v) is 15.9. The van der Waals surface area contributed by atoms with Gasteiger partial charge >= 0.3 is 30.2 Å². The first-order chi connectivity index (χ1) is 62.0. The fourth-order valence-electron chi connectivity index (χ4n) is 15.4. The van der Waals surface area contributed by atoms with Gasteiger partial charge in [0.05, 0.1) is 62.9 Å². The minimum atomic E-state index is -4.88. The summed E-state index contributed by atoms with van der Waals surface area (Å²) in [7, 11) is 9.42. The van der Waals surface area contributed by atoms with Crippen molar-refractivity contribution >= 4 is 105 Å². The number of amides is 4. The summed E-state index contributed by atoms with van der Waals surface area (Å²) in [4.78, 5) is 111. The topological polar surface area (TPSA) is 251 Å². The van der Waals surface area contributed by atoms with E-state index in [-0.39, 0.29) is 93.4 Å². The van der Waals surface area contributed by atoms with Crippen LogP contribution in [0.1, 0.15) is 122 Å². The van der Waals surface area contributed by atoms with Gasteiger partial charge in [0.2, 0.25) is 23.6 Å². The largest absolute Gasteiger partial charge is 0.573 e. The Hall–Kier alpha value is -11.9. The molecule has 4 aliphatic rings. The minimum absolute atomic E-state index is 0.0148. The van der Waals surface area contributed by atoms with Crippen molar-refractivity contribution in [3.8, 4) is 17.2 Å². The van der Waals surface area contributed by atoms with Gasteiger partial charge in [0, 0.05) is 152 Å². The Morgan fingerprint density at radius 1 is 0.341 bits per heavy atom. The number of hydrogen-bond donors (Lipinski definition) is 0. The van der Waals surface area contributed by atoms with Crippen molar-refractivity contribution in [2.24, 2.45) is 0 Å². The van der Waals surface area contributed by atoms with Gasteiger partial charge in [0.15, 0.2) is 0 Å². The highest BCUT2D eigenvalue weighted by Crippen LogP contribution is 2.43. The minimum Gasteiger partial charge on any atom is -0.497 e. The average molecular weight is 1850 g/mol. The first-order valence-corrected chi connectivity index (χ1v) is 42.8. The molecule has 0 saturated carbocycles. The lowest BCUT2D eigenvalue weighted by Gasteiger charge is -2.34. The van der Waals surface area contributed by atoms with Gasteiger partial charge in [0.1, 0.15) is 43.7 Å². The molecule has 4 aliphatic heterocycles. The van der Waals surface area contributed by atoms with E-state index in [9.17, 15) is 51.5 Å². The smallest absolute Gasteiger partial charge is 0.497 e. The van der Waals surface area contributed by atoms with Crippen molar-refractivity contribution in [1.82, 2.24) is 19.6 Å². The zero-order valence-electron chi connectivity index (χ0n) is 73.0. The van der Waals surface area contributed by atoms with Crippen LogP contribution >= 0.6 is 46.4 Å². The third kappa shape index (κ3) is 27.1. The summed E-state index contributed by atoms with van der Waals surface area (Å²) in [6.07, 6.45) is -4.34. The molecular formula is C99H101Cl4F3N4O19. The number of nitrogens with zero attached hydrogens (tertiary/aromatic N) is 4. The number of allylic oxidation sites excluding steroid dienone is 4. The van der Waals surface area contributed by atoms with Gasteiger partial charge in [-0.2, -0.15) is 0 Å². The Morgan fingerprint density at radius 2 is 0.651 bits per heavy atom. The first kappa shape index (κ1) is 99.3. The third-order valence-corrected chi connectivity index (χ3v) is 23.1. The molecule has 30 heteroatoms. The fraction of sp³-hybridized carbons (Fsp3) is 0.313. The van der Waals surface area contributed by atoms with Crippen LogP contribution in [0.25, 0.3) is 10.8 Å². The van der Waals surface area contributed by atoms with Crippen molar-refractivity contribution in [3.05, 3.63) is 322 Å². The van der Waals surface area contributed by atoms with Crippen molar-refractivity contribution in [2.45, 2.75) is 110 Å². The summed E-state index contributed by atoms with van der Waals surface area (Å²) in [5, 5.41) is 4.51. The monoisotopic (exact) mass is 1850 g/mol. The molecule has 9 aromatic carbocycles. The number of benzene rings is 9. The summed E-state index contributed by atoms with van der Waals surface area (Å²) < 4.78 is 95.5. The third-order valence-electron chi connectivity index (χ3n) is 22.1. The molecule has 0 saturated heterocycles. The van der Waals surface area contributed by atoms with E-state index in [1.54, 1.807) is 139 Å². The number of methoxy groups -OCH3 is 6. The van der Waals surface area contributed by atoms with Crippen LogP contribution in [0.15, 0.2) is 257 Å². The van der Waals surface area contributed by atoms with Gasteiger partial charge in [-0.15, -0.1) is 13.2 Å². The van der Waals surface area contributed by atoms with Gasteiger partial charge in [-0.25, -0.2) is 19.2 Å². The molecule has 13 rings (SSSR count). The number of ether oxygens (including phenoxy) is 11. The Bertz CT molecular complexity index is 5560. The molecule has 0 aromatic heterocycles. The lowest BCUT2D eigenvalue weighted by Crippen LogP contribution is -2.40. The molecule has 0 bridgehead atoms. The van der Waals surface area contributed by atoms with E-state index in [4.69, 9.17) is 93.8 Å². The van der Waals surface area contributed by atoms with E-state index in [0.29, 0.717) is 110 Å². The number of alkyl halides is 3. The van der Waals surface area contributed by atoms with Crippen molar-refractivity contribution in [3.63, 3.8) is 0 Å². The first-order valence-electron chi connectivity index (χ1n) is 41.2. The van der Waals surface area contributed by atoms with Crippen LogP contribution in [0.2, 0.25) is 20.1 Å². The molecule has 4 unspecified atom stereocenters. The highest BCUT2D eigenvalue weighted by molar-refractivity contribution is 6.31. The predicted octanol–water partition coefficient (Wildman–Crippen LogP) is 19.3. The summed E-state index contributed by atoms with van der Waals surface area (Å²) >= 11 is 24.1. The Morgan fingerprint density at radius 3 is 0.992 bits per heavy atom. The Labute approximate surface area is 767 Å². The predicted molar refractivity (Wildman–Crippen MR) is 483 cm³/mol. The van der Waals surface area contributed by atoms with E-state index in [1.807, 2.05) is 127 Å². The second-order valence-corrected chi connectivity index (χ2v) is 32.0. The molecule has 4 heterocycles. The van der Waals surface area contributed by atoms with Gasteiger partial charge in [-0.1, -0.05) is 174 Å². The van der Waals surface area contributed by atoms with Gasteiger partial charge in [-0.05, 0) is 162 Å². The maximum Gasteiger partial charge on any atom is 0.573 e. The molecule has 9 aromatic rings. The van der Waals surface area contributed by atoms with E-state index in [0.717, 1.165) is 56.0 Å². The highest BCUT2D eigenvalue weighted by atomic mass is 35.5. The number of esters is 4. The lowest BCUT2D eigenvalue weighted by atomic mass is 9.83. The van der Waals surface area contributed by atoms with Gasteiger partial charge in [-0.3, -0.25) is 19.2 Å². The molecule has 4 amide bonds. The maximum absolute atomic E-state index is 13.3. The number of para-hydroxylation sites is 1. The van der Waals surface area contributed by atoms with Crippen LogP contribution in [0, 0.1) is 0 Å². The van der Waals surface area contributed by atoms with Crippen LogP contribution in [0.5, 0.6) is 17.2 Å². The molecule has 0 N–H and O–H groups in total. The molecule has 129 heavy (non-hydrogen) atoms. The van der Waals surface area contributed by atoms with Crippen LogP contribution < -0.4 is 14.2 Å².